The van der Waals surface area contributed by atoms with Crippen LogP contribution in [0.4, 0.5) is 5.69 Å². The van der Waals surface area contributed by atoms with Gasteiger partial charge in [-0.2, -0.15) is 0 Å². The summed E-state index contributed by atoms with van der Waals surface area (Å²) in [5, 5.41) is 7.56. The number of anilines is 1. The molecule has 3 aromatic rings. The van der Waals surface area contributed by atoms with Crippen molar-refractivity contribution in [3.05, 3.63) is 90.0 Å². The van der Waals surface area contributed by atoms with Gasteiger partial charge in [0.05, 0.1) is 44.0 Å². The molecule has 0 unspecified atom stereocenters. The number of nitrogens with zero attached hydrogens (tertiary/aromatic N) is 2. The fourth-order valence-corrected chi connectivity index (χ4v) is 6.22. The number of hydrogen-bond donors (Lipinski definition) is 2. The maximum absolute atomic E-state index is 13.4. The van der Waals surface area contributed by atoms with E-state index in [9.17, 15) is 18.0 Å². The molecule has 216 valence electrons. The van der Waals surface area contributed by atoms with E-state index in [-0.39, 0.29) is 30.8 Å². The summed E-state index contributed by atoms with van der Waals surface area (Å²) in [5.41, 5.74) is 9.61. The Kier molecular flexibility index (Phi) is 9.44. The molecule has 10 heteroatoms. The number of ether oxygens (including phenoxy) is 1. The predicted molar refractivity (Wildman–Crippen MR) is 160 cm³/mol. The van der Waals surface area contributed by atoms with E-state index in [1.807, 2.05) is 54.6 Å². The number of nitrogens with one attached hydrogen (secondary N) is 1. The van der Waals surface area contributed by atoms with Gasteiger partial charge < -0.3 is 15.4 Å². The van der Waals surface area contributed by atoms with Crippen molar-refractivity contribution in [2.45, 2.75) is 31.7 Å². The van der Waals surface area contributed by atoms with Crippen molar-refractivity contribution in [1.82, 2.24) is 4.90 Å². The summed E-state index contributed by atoms with van der Waals surface area (Å²) in [4.78, 5) is 27.1. The summed E-state index contributed by atoms with van der Waals surface area (Å²) in [7, 11) is -2.39. The molecule has 0 radical (unpaired) electrons. The molecule has 3 aromatic carbocycles. The lowest BCUT2D eigenvalue weighted by Gasteiger charge is -2.31. The molecule has 1 heterocycles. The summed E-state index contributed by atoms with van der Waals surface area (Å²) in [6.45, 7) is 0.545. The number of carbonyl (C=O) groups is 2. The topological polar surface area (TPSA) is 134 Å². The smallest absolute Gasteiger partial charge is 0.306 e. The number of methoxy groups -OCH3 is 1. The molecular weight excluding hydrogens is 540 g/mol. The van der Waals surface area contributed by atoms with E-state index in [2.05, 4.69) is 0 Å². The first-order valence-corrected chi connectivity index (χ1v) is 15.4. The van der Waals surface area contributed by atoms with E-state index in [0.29, 0.717) is 30.6 Å². The van der Waals surface area contributed by atoms with Gasteiger partial charge >= 0.3 is 5.97 Å². The van der Waals surface area contributed by atoms with Crippen molar-refractivity contribution >= 4 is 33.4 Å². The zero-order valence-electron chi connectivity index (χ0n) is 23.3. The Morgan fingerprint density at radius 2 is 1.63 bits per heavy atom. The minimum atomic E-state index is -3.68. The molecule has 0 spiro atoms. The van der Waals surface area contributed by atoms with E-state index < -0.39 is 21.9 Å². The third kappa shape index (κ3) is 7.52. The van der Waals surface area contributed by atoms with Crippen molar-refractivity contribution in [2.24, 2.45) is 11.7 Å². The largest absolute Gasteiger partial charge is 0.469 e. The molecule has 4 rings (SSSR count). The van der Waals surface area contributed by atoms with Gasteiger partial charge in [-0.25, -0.2) is 8.42 Å². The molecule has 1 aliphatic rings. The maximum atomic E-state index is 13.4. The molecule has 0 bridgehead atoms. The Balaban J connectivity index is 1.54. The van der Waals surface area contributed by atoms with Crippen LogP contribution < -0.4 is 10.0 Å². The summed E-state index contributed by atoms with van der Waals surface area (Å²) in [6.07, 6.45) is 2.99. The number of likely N-dealkylation sites (tertiary alicyclic amines) is 1. The van der Waals surface area contributed by atoms with Gasteiger partial charge in [-0.3, -0.25) is 19.3 Å². The first-order chi connectivity index (χ1) is 19.6. The maximum Gasteiger partial charge on any atom is 0.306 e. The minimum Gasteiger partial charge on any atom is -0.469 e. The van der Waals surface area contributed by atoms with Crippen LogP contribution in [-0.2, 0) is 30.8 Å². The fraction of sp³-hybridized carbons (Fsp3) is 0.323. The molecule has 9 nitrogen and oxygen atoms in total. The second kappa shape index (κ2) is 13.0. The highest BCUT2D eigenvalue weighted by molar-refractivity contribution is 7.92. The molecule has 1 amide bonds. The Bertz CT molecular complexity index is 1480. The van der Waals surface area contributed by atoms with Crippen LogP contribution in [-0.4, -0.2) is 63.5 Å². The number of nitrogens with two attached hydrogens (primary N) is 1. The van der Waals surface area contributed by atoms with Crippen LogP contribution in [0.5, 0.6) is 0 Å². The van der Waals surface area contributed by atoms with Crippen LogP contribution in [0.15, 0.2) is 78.9 Å². The van der Waals surface area contributed by atoms with Crippen molar-refractivity contribution in [3.8, 4) is 11.1 Å². The number of benzene rings is 3. The van der Waals surface area contributed by atoms with Gasteiger partial charge in [0.1, 0.15) is 5.84 Å². The number of sulfonamides is 1. The number of hydrogen-bond acceptors (Lipinski definition) is 6. The van der Waals surface area contributed by atoms with E-state index in [4.69, 9.17) is 15.9 Å². The second-order valence-corrected chi connectivity index (χ2v) is 12.2. The van der Waals surface area contributed by atoms with Crippen molar-refractivity contribution in [1.29, 1.82) is 5.41 Å². The monoisotopic (exact) mass is 576 g/mol. The lowest BCUT2D eigenvalue weighted by Crippen LogP contribution is -2.44. The molecule has 0 aliphatic carbocycles. The molecule has 0 saturated carbocycles. The number of amidine groups is 1. The first kappa shape index (κ1) is 29.8. The number of rotatable bonds is 12. The van der Waals surface area contributed by atoms with Gasteiger partial charge in [0, 0.05) is 12.1 Å². The van der Waals surface area contributed by atoms with Crippen LogP contribution in [0, 0.1) is 11.3 Å². The second-order valence-electron chi connectivity index (χ2n) is 10.3. The number of nitrogen functional groups attached to an aromatic ring is 1. The highest BCUT2D eigenvalue weighted by Gasteiger charge is 2.42. The zero-order chi connectivity index (χ0) is 29.6. The Morgan fingerprint density at radius 3 is 2.20 bits per heavy atom. The molecule has 0 aromatic heterocycles. The van der Waals surface area contributed by atoms with E-state index >= 15 is 0 Å². The van der Waals surface area contributed by atoms with Gasteiger partial charge in [0.25, 0.3) is 0 Å². The first-order valence-electron chi connectivity index (χ1n) is 13.5. The Labute approximate surface area is 241 Å². The fourth-order valence-electron chi connectivity index (χ4n) is 5.28. The number of aryl methyl sites for hydroxylation is 1. The van der Waals surface area contributed by atoms with Gasteiger partial charge in [-0.05, 0) is 48.1 Å². The highest BCUT2D eigenvalue weighted by Crippen LogP contribution is 2.31. The molecule has 1 aliphatic heterocycles. The van der Waals surface area contributed by atoms with E-state index in [0.717, 1.165) is 29.4 Å². The van der Waals surface area contributed by atoms with Crippen molar-refractivity contribution in [3.63, 3.8) is 0 Å². The van der Waals surface area contributed by atoms with Gasteiger partial charge in [-0.15, -0.1) is 0 Å². The third-order valence-corrected chi connectivity index (χ3v) is 8.60. The number of carbonyl (C=O) groups excluding carboxylic acids is 2. The molecule has 1 fully saturated rings. The summed E-state index contributed by atoms with van der Waals surface area (Å²) in [5.74, 6) is -1.17. The van der Waals surface area contributed by atoms with Crippen molar-refractivity contribution < 1.29 is 22.7 Å². The quantitative estimate of drug-likeness (QED) is 0.191. The molecule has 1 saturated heterocycles. The lowest BCUT2D eigenvalue weighted by atomic mass is 10.0. The minimum absolute atomic E-state index is 0.0102. The molecule has 41 heavy (non-hydrogen) atoms. The molecular formula is C31H36N4O5S. The standard InChI is InChI=1S/C31H36N4O5S/c1-40-29(36)20-26-19-28(34(31(26)37)18-6-9-22-7-4-3-5-8-22)21-35(41(2,38)39)27-16-14-24(15-17-27)23-10-12-25(13-11-23)30(32)33/h3-5,7-8,10-17,26,28H,6,9,18-21H2,1-2H3,(H3,32,33)/t26-,28-/m0/s1. The lowest BCUT2D eigenvalue weighted by molar-refractivity contribution is -0.144. The van der Waals surface area contributed by atoms with Gasteiger partial charge in [0.2, 0.25) is 15.9 Å². The normalized spacial score (nSPS) is 16.9. The van der Waals surface area contributed by atoms with E-state index in [1.165, 1.54) is 11.4 Å². The van der Waals surface area contributed by atoms with Crippen molar-refractivity contribution in [2.75, 3.05) is 30.8 Å². The van der Waals surface area contributed by atoms with Crippen LogP contribution in [0.2, 0.25) is 0 Å². The zero-order valence-corrected chi connectivity index (χ0v) is 24.1. The average Bonchev–Trinajstić information content (AvgIpc) is 3.25. The SMILES string of the molecule is COC(=O)C[C@@H]1C[C@@H](CN(c2ccc(-c3ccc(C(=N)N)cc3)cc2)S(C)(=O)=O)N(CCCc2ccccc2)C1=O. The Morgan fingerprint density at radius 1 is 1.02 bits per heavy atom. The summed E-state index contributed by atoms with van der Waals surface area (Å²) < 4.78 is 32.1. The number of amides is 1. The average molecular weight is 577 g/mol. The van der Waals surface area contributed by atoms with Crippen LogP contribution >= 0.6 is 0 Å². The van der Waals surface area contributed by atoms with E-state index in [1.54, 1.807) is 29.2 Å². The van der Waals surface area contributed by atoms with Crippen LogP contribution in [0.3, 0.4) is 0 Å². The summed E-state index contributed by atoms with van der Waals surface area (Å²) in [6, 6.07) is 24.0. The van der Waals surface area contributed by atoms with Gasteiger partial charge in [0.15, 0.2) is 0 Å². The summed E-state index contributed by atoms with van der Waals surface area (Å²) >= 11 is 0. The van der Waals surface area contributed by atoms with Gasteiger partial charge in [-0.1, -0.05) is 66.7 Å². The highest BCUT2D eigenvalue weighted by atomic mass is 32.2. The van der Waals surface area contributed by atoms with Crippen LogP contribution in [0.25, 0.3) is 11.1 Å². The predicted octanol–water partition coefficient (Wildman–Crippen LogP) is 3.82. The number of esters is 1. The molecule has 2 atom stereocenters. The molecule has 3 N–H and O–H groups in total. The Hall–Kier alpha value is -4.18. The third-order valence-electron chi connectivity index (χ3n) is 7.44. The van der Waals surface area contributed by atoms with Crippen LogP contribution in [0.1, 0.15) is 30.4 Å².